The summed E-state index contributed by atoms with van der Waals surface area (Å²) in [5, 5.41) is 21.6. The van der Waals surface area contributed by atoms with E-state index in [2.05, 4.69) is 20.2 Å². The SMILES string of the molecule is Cc1[nH]nc2cc(OCCNC[C@H](O)c3cccc(NS(=O)(=O)c4cc(F)c(F)c(F)c4)c3)ccc12. The number of nitrogens with zero attached hydrogens (tertiary/aromatic N) is 1. The lowest BCUT2D eigenvalue weighted by Crippen LogP contribution is -2.26. The summed E-state index contributed by atoms with van der Waals surface area (Å²) in [5.41, 5.74) is 2.24. The Bertz CT molecular complexity index is 1470. The third kappa shape index (κ3) is 5.78. The van der Waals surface area contributed by atoms with Gasteiger partial charge in [-0.1, -0.05) is 12.1 Å². The molecule has 0 spiro atoms. The molecular formula is C24H23F3N4O4S. The van der Waals surface area contributed by atoms with Crippen LogP contribution in [0.2, 0.25) is 0 Å². The molecule has 0 aliphatic heterocycles. The van der Waals surface area contributed by atoms with Gasteiger partial charge in [-0.05, 0) is 48.9 Å². The molecule has 12 heteroatoms. The van der Waals surface area contributed by atoms with Gasteiger partial charge in [0, 0.05) is 35.9 Å². The molecule has 3 aromatic carbocycles. The lowest BCUT2D eigenvalue weighted by atomic mass is 10.1. The van der Waals surface area contributed by atoms with Crippen LogP contribution in [-0.4, -0.2) is 43.4 Å². The number of sulfonamides is 1. The molecule has 4 rings (SSSR count). The van der Waals surface area contributed by atoms with Crippen molar-refractivity contribution in [3.8, 4) is 5.75 Å². The minimum Gasteiger partial charge on any atom is -0.492 e. The van der Waals surface area contributed by atoms with E-state index in [1.54, 1.807) is 6.07 Å². The molecule has 190 valence electrons. The number of hydrogen-bond donors (Lipinski definition) is 4. The topological polar surface area (TPSA) is 116 Å². The fourth-order valence-electron chi connectivity index (χ4n) is 3.52. The maximum absolute atomic E-state index is 13.5. The molecule has 0 saturated carbocycles. The Hall–Kier alpha value is -3.61. The maximum atomic E-state index is 13.5. The van der Waals surface area contributed by atoms with Crippen LogP contribution in [0.25, 0.3) is 10.9 Å². The number of aliphatic hydroxyl groups excluding tert-OH is 1. The van der Waals surface area contributed by atoms with Crippen molar-refractivity contribution in [1.82, 2.24) is 15.5 Å². The average molecular weight is 521 g/mol. The van der Waals surface area contributed by atoms with Crippen LogP contribution in [-0.2, 0) is 10.0 Å². The fourth-order valence-corrected chi connectivity index (χ4v) is 4.60. The molecule has 0 radical (unpaired) electrons. The standard InChI is InChI=1S/C24H23F3N4O4S/c1-14-19-6-5-17(10-22(19)30-29-14)35-8-7-28-13-23(32)15-3-2-4-16(9-15)31-36(33,34)18-11-20(25)24(27)21(26)12-18/h2-6,9-12,23,28,31-32H,7-8,13H2,1H3,(H,29,30)/t23-/m0/s1. The number of halogens is 3. The van der Waals surface area contributed by atoms with Crippen molar-refractivity contribution in [3.05, 3.63) is 83.3 Å². The van der Waals surface area contributed by atoms with Crippen LogP contribution in [0.5, 0.6) is 5.75 Å². The monoisotopic (exact) mass is 520 g/mol. The minimum atomic E-state index is -4.40. The predicted molar refractivity (Wildman–Crippen MR) is 128 cm³/mol. The molecule has 4 N–H and O–H groups in total. The fraction of sp³-hybridized carbons (Fsp3) is 0.208. The van der Waals surface area contributed by atoms with E-state index in [4.69, 9.17) is 4.74 Å². The molecule has 1 heterocycles. The lowest BCUT2D eigenvalue weighted by Gasteiger charge is -2.15. The molecule has 8 nitrogen and oxygen atoms in total. The maximum Gasteiger partial charge on any atom is 0.262 e. The van der Waals surface area contributed by atoms with E-state index in [0.29, 0.717) is 36.6 Å². The predicted octanol–water partition coefficient (Wildman–Crippen LogP) is 3.79. The van der Waals surface area contributed by atoms with Crippen LogP contribution in [0.15, 0.2) is 59.5 Å². The normalized spacial score (nSPS) is 12.6. The zero-order valence-electron chi connectivity index (χ0n) is 19.1. The third-order valence-electron chi connectivity index (χ3n) is 5.39. The van der Waals surface area contributed by atoms with Crippen LogP contribution in [0.1, 0.15) is 17.4 Å². The minimum absolute atomic E-state index is 0.0593. The molecule has 0 saturated heterocycles. The quantitative estimate of drug-likeness (QED) is 0.187. The highest BCUT2D eigenvalue weighted by Gasteiger charge is 2.20. The van der Waals surface area contributed by atoms with E-state index >= 15 is 0 Å². The van der Waals surface area contributed by atoms with E-state index in [9.17, 15) is 26.7 Å². The summed E-state index contributed by atoms with van der Waals surface area (Å²) in [6.45, 7) is 2.87. The number of rotatable bonds is 10. The second kappa shape index (κ2) is 10.6. The number of ether oxygens (including phenoxy) is 1. The number of H-pyrrole nitrogens is 1. The molecule has 0 aliphatic carbocycles. The number of aliphatic hydroxyl groups is 1. The molecule has 36 heavy (non-hydrogen) atoms. The zero-order chi connectivity index (χ0) is 25.9. The van der Waals surface area contributed by atoms with E-state index in [0.717, 1.165) is 16.6 Å². The number of anilines is 1. The van der Waals surface area contributed by atoms with Crippen molar-refractivity contribution in [1.29, 1.82) is 0 Å². The van der Waals surface area contributed by atoms with Crippen molar-refractivity contribution in [2.45, 2.75) is 17.9 Å². The van der Waals surface area contributed by atoms with Crippen molar-refractivity contribution in [2.24, 2.45) is 0 Å². The highest BCUT2D eigenvalue weighted by Crippen LogP contribution is 2.23. The third-order valence-corrected chi connectivity index (χ3v) is 6.75. The summed E-state index contributed by atoms with van der Waals surface area (Å²) in [5.74, 6) is -4.33. The van der Waals surface area contributed by atoms with E-state index < -0.39 is 38.5 Å². The Kier molecular flexibility index (Phi) is 7.48. The first kappa shape index (κ1) is 25.5. The van der Waals surface area contributed by atoms with Gasteiger partial charge in [0.15, 0.2) is 17.5 Å². The summed E-state index contributed by atoms with van der Waals surface area (Å²) in [6, 6.07) is 12.3. The Morgan fingerprint density at radius 1 is 1.08 bits per heavy atom. The number of fused-ring (bicyclic) bond motifs is 1. The highest BCUT2D eigenvalue weighted by atomic mass is 32.2. The number of benzene rings is 3. The van der Waals surface area contributed by atoms with Crippen LogP contribution in [0, 0.1) is 24.4 Å². The Labute approximate surface area is 205 Å². The highest BCUT2D eigenvalue weighted by molar-refractivity contribution is 7.92. The Balaban J connectivity index is 1.30. The molecule has 0 fully saturated rings. The van der Waals surface area contributed by atoms with Gasteiger partial charge in [-0.2, -0.15) is 5.10 Å². The largest absolute Gasteiger partial charge is 0.492 e. The smallest absolute Gasteiger partial charge is 0.262 e. The van der Waals surface area contributed by atoms with E-state index in [1.165, 1.54) is 18.2 Å². The molecule has 0 unspecified atom stereocenters. The summed E-state index contributed by atoms with van der Waals surface area (Å²) < 4.78 is 72.9. The Morgan fingerprint density at radius 3 is 2.58 bits per heavy atom. The van der Waals surface area contributed by atoms with Gasteiger partial charge in [-0.3, -0.25) is 9.82 Å². The van der Waals surface area contributed by atoms with Gasteiger partial charge in [-0.25, -0.2) is 21.6 Å². The number of aryl methyl sites for hydroxylation is 1. The van der Waals surface area contributed by atoms with Gasteiger partial charge in [0.1, 0.15) is 12.4 Å². The second-order valence-corrected chi connectivity index (χ2v) is 9.71. The molecule has 0 bridgehead atoms. The van der Waals surface area contributed by atoms with Gasteiger partial charge in [0.2, 0.25) is 0 Å². The first-order valence-electron chi connectivity index (χ1n) is 10.9. The van der Waals surface area contributed by atoms with E-state index in [1.807, 2.05) is 25.1 Å². The van der Waals surface area contributed by atoms with Crippen molar-refractivity contribution in [3.63, 3.8) is 0 Å². The number of aromatic nitrogens is 2. The van der Waals surface area contributed by atoms with Gasteiger partial charge in [0.25, 0.3) is 10.0 Å². The molecule has 0 aliphatic rings. The summed E-state index contributed by atoms with van der Waals surface area (Å²) in [7, 11) is -4.40. The van der Waals surface area contributed by atoms with Crippen molar-refractivity contribution < 1.29 is 31.4 Å². The van der Waals surface area contributed by atoms with Crippen LogP contribution < -0.4 is 14.8 Å². The van der Waals surface area contributed by atoms with Crippen LogP contribution >= 0.6 is 0 Å². The summed E-state index contributed by atoms with van der Waals surface area (Å²) >= 11 is 0. The second-order valence-electron chi connectivity index (χ2n) is 8.03. The van der Waals surface area contributed by atoms with Gasteiger partial charge >= 0.3 is 0 Å². The average Bonchev–Trinajstić information content (AvgIpc) is 3.21. The lowest BCUT2D eigenvalue weighted by molar-refractivity contribution is 0.172. The Morgan fingerprint density at radius 2 is 1.83 bits per heavy atom. The van der Waals surface area contributed by atoms with Crippen molar-refractivity contribution >= 4 is 26.6 Å². The molecule has 1 atom stereocenters. The molecular weight excluding hydrogens is 497 g/mol. The molecule has 0 amide bonds. The first-order chi connectivity index (χ1) is 17.1. The number of nitrogens with one attached hydrogen (secondary N) is 3. The number of hydrogen-bond acceptors (Lipinski definition) is 6. The van der Waals surface area contributed by atoms with Gasteiger partial charge in [-0.15, -0.1) is 0 Å². The van der Waals surface area contributed by atoms with Crippen LogP contribution in [0.3, 0.4) is 0 Å². The summed E-state index contributed by atoms with van der Waals surface area (Å²) in [4.78, 5) is -0.770. The first-order valence-corrected chi connectivity index (χ1v) is 12.4. The number of aromatic amines is 1. The van der Waals surface area contributed by atoms with Crippen molar-refractivity contribution in [2.75, 3.05) is 24.4 Å². The zero-order valence-corrected chi connectivity index (χ0v) is 19.9. The van der Waals surface area contributed by atoms with E-state index in [-0.39, 0.29) is 12.2 Å². The molecule has 1 aromatic heterocycles. The van der Waals surface area contributed by atoms with Gasteiger partial charge < -0.3 is 15.2 Å². The van der Waals surface area contributed by atoms with Crippen LogP contribution in [0.4, 0.5) is 18.9 Å². The summed E-state index contributed by atoms with van der Waals surface area (Å²) in [6.07, 6.45) is -0.974. The van der Waals surface area contributed by atoms with Gasteiger partial charge in [0.05, 0.1) is 16.5 Å². The molecule has 4 aromatic rings.